The monoisotopic (exact) mass is 250 g/mol. The van der Waals surface area contributed by atoms with Gasteiger partial charge in [0.1, 0.15) is 5.82 Å². The summed E-state index contributed by atoms with van der Waals surface area (Å²) >= 11 is 0. The second kappa shape index (κ2) is 4.91. The Hall–Kier alpha value is -2.31. The number of nitrogens with zero attached hydrogens (tertiary/aromatic N) is 4. The molecule has 0 unspecified atom stereocenters. The number of carboxylic acids is 1. The SMILES string of the molecule is Cc1cccc(-c2nnnn2CCC(=O)O)c1F. The van der Waals surface area contributed by atoms with Gasteiger partial charge in [-0.3, -0.25) is 4.79 Å². The first kappa shape index (κ1) is 12.2. The normalized spacial score (nSPS) is 10.6. The Balaban J connectivity index is 2.36. The fourth-order valence-corrected chi connectivity index (χ4v) is 1.57. The van der Waals surface area contributed by atoms with Gasteiger partial charge in [0, 0.05) is 0 Å². The molecule has 2 aromatic rings. The molecule has 18 heavy (non-hydrogen) atoms. The fraction of sp³-hybridized carbons (Fsp3) is 0.273. The van der Waals surface area contributed by atoms with Crippen LogP contribution in [0.15, 0.2) is 18.2 Å². The van der Waals surface area contributed by atoms with Crippen LogP contribution in [0.3, 0.4) is 0 Å². The van der Waals surface area contributed by atoms with Crippen LogP contribution in [0.4, 0.5) is 4.39 Å². The molecule has 0 amide bonds. The minimum absolute atomic E-state index is 0.102. The number of hydrogen-bond donors (Lipinski definition) is 1. The number of halogens is 1. The third-order valence-corrected chi connectivity index (χ3v) is 2.50. The molecular weight excluding hydrogens is 239 g/mol. The zero-order valence-electron chi connectivity index (χ0n) is 9.67. The number of aliphatic carboxylic acids is 1. The number of aryl methyl sites for hydroxylation is 2. The Morgan fingerprint density at radius 3 is 3.00 bits per heavy atom. The molecule has 0 bridgehead atoms. The van der Waals surface area contributed by atoms with Gasteiger partial charge in [-0.15, -0.1) is 5.10 Å². The first-order valence-electron chi connectivity index (χ1n) is 5.33. The van der Waals surface area contributed by atoms with Crippen molar-refractivity contribution < 1.29 is 14.3 Å². The lowest BCUT2D eigenvalue weighted by atomic mass is 10.1. The number of aromatic nitrogens is 4. The molecule has 1 heterocycles. The zero-order chi connectivity index (χ0) is 13.1. The van der Waals surface area contributed by atoms with Gasteiger partial charge in [0.2, 0.25) is 0 Å². The van der Waals surface area contributed by atoms with E-state index in [0.29, 0.717) is 5.56 Å². The lowest BCUT2D eigenvalue weighted by molar-refractivity contribution is -0.137. The molecule has 1 N–H and O–H groups in total. The summed E-state index contributed by atoms with van der Waals surface area (Å²) in [5, 5.41) is 19.5. The predicted octanol–water partition coefficient (Wildman–Crippen LogP) is 1.26. The van der Waals surface area contributed by atoms with Crippen molar-refractivity contribution in [2.24, 2.45) is 0 Å². The molecule has 94 valence electrons. The van der Waals surface area contributed by atoms with E-state index < -0.39 is 11.8 Å². The van der Waals surface area contributed by atoms with Crippen LogP contribution in [0.5, 0.6) is 0 Å². The molecule has 0 radical (unpaired) electrons. The predicted molar refractivity (Wildman–Crippen MR) is 60.2 cm³/mol. The van der Waals surface area contributed by atoms with Gasteiger partial charge in [-0.05, 0) is 29.0 Å². The third-order valence-electron chi connectivity index (χ3n) is 2.50. The van der Waals surface area contributed by atoms with Crippen LogP contribution in [0.1, 0.15) is 12.0 Å². The van der Waals surface area contributed by atoms with E-state index in [1.165, 1.54) is 4.68 Å². The Kier molecular flexibility index (Phi) is 3.31. The second-order valence-electron chi connectivity index (χ2n) is 3.81. The van der Waals surface area contributed by atoms with Crippen molar-refractivity contribution in [1.82, 2.24) is 20.2 Å². The van der Waals surface area contributed by atoms with Crippen LogP contribution in [0.25, 0.3) is 11.4 Å². The fourth-order valence-electron chi connectivity index (χ4n) is 1.57. The highest BCUT2D eigenvalue weighted by Gasteiger charge is 2.15. The summed E-state index contributed by atoms with van der Waals surface area (Å²) in [5.74, 6) is -1.12. The topological polar surface area (TPSA) is 80.9 Å². The maximum absolute atomic E-state index is 13.9. The minimum Gasteiger partial charge on any atom is -0.481 e. The van der Waals surface area contributed by atoms with Crippen LogP contribution in [0.2, 0.25) is 0 Å². The molecule has 0 aliphatic rings. The largest absolute Gasteiger partial charge is 0.481 e. The maximum Gasteiger partial charge on any atom is 0.305 e. The van der Waals surface area contributed by atoms with Crippen molar-refractivity contribution in [3.05, 3.63) is 29.6 Å². The lowest BCUT2D eigenvalue weighted by Gasteiger charge is -2.05. The van der Waals surface area contributed by atoms with Crippen molar-refractivity contribution in [2.45, 2.75) is 19.9 Å². The van der Waals surface area contributed by atoms with Crippen molar-refractivity contribution in [1.29, 1.82) is 0 Å². The maximum atomic E-state index is 13.9. The van der Waals surface area contributed by atoms with Crippen molar-refractivity contribution in [3.8, 4) is 11.4 Å². The Morgan fingerprint density at radius 1 is 1.50 bits per heavy atom. The second-order valence-corrected chi connectivity index (χ2v) is 3.81. The van der Waals surface area contributed by atoms with Gasteiger partial charge in [0.15, 0.2) is 5.82 Å². The van der Waals surface area contributed by atoms with Crippen LogP contribution in [0, 0.1) is 12.7 Å². The first-order chi connectivity index (χ1) is 8.59. The van der Waals surface area contributed by atoms with Gasteiger partial charge < -0.3 is 5.11 Å². The first-order valence-corrected chi connectivity index (χ1v) is 5.33. The van der Waals surface area contributed by atoms with Gasteiger partial charge in [0.25, 0.3) is 0 Å². The van der Waals surface area contributed by atoms with E-state index in [-0.39, 0.29) is 24.4 Å². The molecule has 0 spiro atoms. The third kappa shape index (κ3) is 2.34. The molecule has 0 atom stereocenters. The van der Waals surface area contributed by atoms with Crippen molar-refractivity contribution >= 4 is 5.97 Å². The number of carboxylic acid groups (broad SMARTS) is 1. The Bertz CT molecular complexity index is 582. The number of hydrogen-bond acceptors (Lipinski definition) is 4. The van der Waals surface area contributed by atoms with Crippen LogP contribution in [-0.2, 0) is 11.3 Å². The molecule has 0 saturated heterocycles. The lowest BCUT2D eigenvalue weighted by Crippen LogP contribution is -2.08. The molecule has 1 aromatic heterocycles. The number of carbonyl (C=O) groups is 1. The highest BCUT2D eigenvalue weighted by Crippen LogP contribution is 2.22. The molecule has 0 aliphatic heterocycles. The Labute approximate surface area is 102 Å². The number of tetrazole rings is 1. The summed E-state index contributed by atoms with van der Waals surface area (Å²) in [6, 6.07) is 4.90. The summed E-state index contributed by atoms with van der Waals surface area (Å²) < 4.78 is 15.2. The average molecular weight is 250 g/mol. The van der Waals surface area contributed by atoms with Gasteiger partial charge >= 0.3 is 5.97 Å². The van der Waals surface area contributed by atoms with Crippen LogP contribution < -0.4 is 0 Å². The van der Waals surface area contributed by atoms with E-state index >= 15 is 0 Å². The molecule has 0 aliphatic carbocycles. The van der Waals surface area contributed by atoms with E-state index in [1.807, 2.05) is 0 Å². The van der Waals surface area contributed by atoms with E-state index in [4.69, 9.17) is 5.11 Å². The van der Waals surface area contributed by atoms with Gasteiger partial charge in [-0.25, -0.2) is 9.07 Å². The van der Waals surface area contributed by atoms with E-state index in [1.54, 1.807) is 25.1 Å². The summed E-state index contributed by atoms with van der Waals surface area (Å²) in [6.07, 6.45) is -0.120. The van der Waals surface area contributed by atoms with Gasteiger partial charge in [-0.2, -0.15) is 0 Å². The quantitative estimate of drug-likeness (QED) is 0.883. The van der Waals surface area contributed by atoms with Gasteiger partial charge in [-0.1, -0.05) is 12.1 Å². The minimum atomic E-state index is -0.957. The van der Waals surface area contributed by atoms with E-state index in [9.17, 15) is 9.18 Å². The molecule has 2 rings (SSSR count). The van der Waals surface area contributed by atoms with E-state index in [0.717, 1.165) is 0 Å². The smallest absolute Gasteiger partial charge is 0.305 e. The molecule has 7 heteroatoms. The van der Waals surface area contributed by atoms with E-state index in [2.05, 4.69) is 15.5 Å². The molecule has 1 aromatic carbocycles. The summed E-state index contributed by atoms with van der Waals surface area (Å²) in [5.41, 5.74) is 0.755. The standard InChI is InChI=1S/C11H11FN4O2/c1-7-3-2-4-8(10(7)12)11-13-14-15-16(11)6-5-9(17)18/h2-4H,5-6H2,1H3,(H,17,18). The summed E-state index contributed by atoms with van der Waals surface area (Å²) in [7, 11) is 0. The number of benzene rings is 1. The summed E-state index contributed by atoms with van der Waals surface area (Å²) in [6.45, 7) is 1.75. The van der Waals surface area contributed by atoms with Crippen LogP contribution >= 0.6 is 0 Å². The highest BCUT2D eigenvalue weighted by atomic mass is 19.1. The van der Waals surface area contributed by atoms with Gasteiger partial charge in [0.05, 0.1) is 18.5 Å². The Morgan fingerprint density at radius 2 is 2.28 bits per heavy atom. The van der Waals surface area contributed by atoms with Crippen LogP contribution in [-0.4, -0.2) is 31.3 Å². The van der Waals surface area contributed by atoms with Crippen molar-refractivity contribution in [2.75, 3.05) is 0 Å². The molecule has 0 saturated carbocycles. The summed E-state index contributed by atoms with van der Waals surface area (Å²) in [4.78, 5) is 10.5. The molecule has 0 fully saturated rings. The average Bonchev–Trinajstić information content (AvgIpc) is 2.78. The zero-order valence-corrected chi connectivity index (χ0v) is 9.67. The number of rotatable bonds is 4. The molecular formula is C11H11FN4O2. The van der Waals surface area contributed by atoms with Crippen molar-refractivity contribution in [3.63, 3.8) is 0 Å². The molecule has 6 nitrogen and oxygen atoms in total. The highest BCUT2D eigenvalue weighted by molar-refractivity contribution is 5.66.